The molecule has 1 amide bonds. The largest absolute Gasteiger partial charge is 0.489 e. The van der Waals surface area contributed by atoms with E-state index in [0.717, 1.165) is 16.9 Å². The van der Waals surface area contributed by atoms with Gasteiger partial charge >= 0.3 is 5.97 Å². The molecule has 2 atom stereocenters. The van der Waals surface area contributed by atoms with E-state index in [1.54, 1.807) is 0 Å². The SMILES string of the molecule is C[C@H](NC(=O)[C@@H](N)Cc1ccc(OCc2ccccc2)cc1)C(=O)O. The minimum absolute atomic E-state index is 0.317. The average molecular weight is 342 g/mol. The smallest absolute Gasteiger partial charge is 0.325 e. The summed E-state index contributed by atoms with van der Waals surface area (Å²) in [4.78, 5) is 22.6. The zero-order valence-corrected chi connectivity index (χ0v) is 14.0. The molecule has 6 heteroatoms. The molecule has 0 aromatic heterocycles. The number of carboxylic acids is 1. The lowest BCUT2D eigenvalue weighted by Gasteiger charge is -2.15. The third kappa shape index (κ3) is 5.93. The van der Waals surface area contributed by atoms with Crippen molar-refractivity contribution in [2.45, 2.75) is 32.0 Å². The molecule has 0 radical (unpaired) electrons. The Kier molecular flexibility index (Phi) is 6.54. The molecule has 4 N–H and O–H groups in total. The van der Waals surface area contributed by atoms with Gasteiger partial charge in [0.1, 0.15) is 18.4 Å². The fourth-order valence-electron chi connectivity index (χ4n) is 2.19. The van der Waals surface area contributed by atoms with Gasteiger partial charge in [-0.1, -0.05) is 42.5 Å². The first-order valence-electron chi connectivity index (χ1n) is 8.00. The second-order valence-electron chi connectivity index (χ2n) is 5.80. The number of carboxylic acid groups (broad SMARTS) is 1. The minimum Gasteiger partial charge on any atom is -0.489 e. The number of aliphatic carboxylic acids is 1. The lowest BCUT2D eigenvalue weighted by Crippen LogP contribution is -2.48. The first-order valence-corrected chi connectivity index (χ1v) is 8.00. The molecule has 0 aliphatic rings. The van der Waals surface area contributed by atoms with Gasteiger partial charge in [-0.15, -0.1) is 0 Å². The van der Waals surface area contributed by atoms with E-state index in [4.69, 9.17) is 15.6 Å². The van der Waals surface area contributed by atoms with E-state index in [9.17, 15) is 9.59 Å². The molecule has 0 bridgehead atoms. The maximum absolute atomic E-state index is 11.9. The molecule has 0 saturated carbocycles. The molecule has 0 aliphatic carbocycles. The predicted molar refractivity (Wildman–Crippen MR) is 94.1 cm³/mol. The van der Waals surface area contributed by atoms with Crippen LogP contribution in [-0.2, 0) is 22.6 Å². The standard InChI is InChI=1S/C19H22N2O4/c1-13(19(23)24)21-18(22)17(20)11-14-7-9-16(10-8-14)25-12-15-5-3-2-4-6-15/h2-10,13,17H,11-12,20H2,1H3,(H,21,22)(H,23,24)/t13-,17-/m0/s1. The molecule has 2 aromatic rings. The highest BCUT2D eigenvalue weighted by molar-refractivity contribution is 5.86. The molecule has 0 fully saturated rings. The van der Waals surface area contributed by atoms with Crippen LogP contribution in [0, 0.1) is 0 Å². The minimum atomic E-state index is -1.10. The van der Waals surface area contributed by atoms with Crippen molar-refractivity contribution in [1.29, 1.82) is 0 Å². The number of carbonyl (C=O) groups excluding carboxylic acids is 1. The third-order valence-corrected chi connectivity index (χ3v) is 3.69. The van der Waals surface area contributed by atoms with Gasteiger partial charge in [-0.3, -0.25) is 9.59 Å². The normalized spacial score (nSPS) is 12.9. The van der Waals surface area contributed by atoms with Crippen LogP contribution in [0.1, 0.15) is 18.1 Å². The number of nitrogens with two attached hydrogens (primary N) is 1. The van der Waals surface area contributed by atoms with Crippen molar-refractivity contribution in [3.8, 4) is 5.75 Å². The Bertz CT molecular complexity index is 701. The van der Waals surface area contributed by atoms with Gasteiger partial charge in [-0.2, -0.15) is 0 Å². The molecule has 2 rings (SSSR count). The first-order chi connectivity index (χ1) is 12.0. The van der Waals surface area contributed by atoms with E-state index in [0.29, 0.717) is 13.0 Å². The molecular formula is C19H22N2O4. The maximum Gasteiger partial charge on any atom is 0.325 e. The zero-order valence-electron chi connectivity index (χ0n) is 14.0. The summed E-state index contributed by atoms with van der Waals surface area (Å²) in [7, 11) is 0. The zero-order chi connectivity index (χ0) is 18.2. The Hall–Kier alpha value is -2.86. The summed E-state index contributed by atoms with van der Waals surface area (Å²) in [6.45, 7) is 1.88. The van der Waals surface area contributed by atoms with Crippen LogP contribution in [0.3, 0.4) is 0 Å². The monoisotopic (exact) mass is 342 g/mol. The van der Waals surface area contributed by atoms with Gasteiger partial charge in [0.2, 0.25) is 5.91 Å². The number of ether oxygens (including phenoxy) is 1. The molecule has 0 spiro atoms. The second kappa shape index (κ2) is 8.84. The fourth-order valence-corrected chi connectivity index (χ4v) is 2.19. The van der Waals surface area contributed by atoms with Crippen LogP contribution in [0.4, 0.5) is 0 Å². The highest BCUT2D eigenvalue weighted by atomic mass is 16.5. The highest BCUT2D eigenvalue weighted by Gasteiger charge is 2.19. The van der Waals surface area contributed by atoms with E-state index in [-0.39, 0.29) is 0 Å². The summed E-state index contributed by atoms with van der Waals surface area (Å²) in [6, 6.07) is 15.4. The summed E-state index contributed by atoms with van der Waals surface area (Å²) in [6.07, 6.45) is 0.317. The summed E-state index contributed by atoms with van der Waals surface area (Å²) < 4.78 is 5.70. The van der Waals surface area contributed by atoms with Gasteiger partial charge in [0.15, 0.2) is 0 Å². The molecule has 6 nitrogen and oxygen atoms in total. The van der Waals surface area contributed by atoms with Gasteiger partial charge in [0.05, 0.1) is 6.04 Å². The predicted octanol–water partition coefficient (Wildman–Crippen LogP) is 1.72. The van der Waals surface area contributed by atoms with Crippen LogP contribution >= 0.6 is 0 Å². The van der Waals surface area contributed by atoms with Crippen LogP contribution < -0.4 is 15.8 Å². The molecule has 0 heterocycles. The Balaban J connectivity index is 1.85. The van der Waals surface area contributed by atoms with E-state index in [1.165, 1.54) is 6.92 Å². The van der Waals surface area contributed by atoms with Crippen molar-refractivity contribution >= 4 is 11.9 Å². The van der Waals surface area contributed by atoms with Crippen molar-refractivity contribution in [3.63, 3.8) is 0 Å². The number of carbonyl (C=O) groups is 2. The Morgan fingerprint density at radius 3 is 2.32 bits per heavy atom. The van der Waals surface area contributed by atoms with Crippen LogP contribution in [0.15, 0.2) is 54.6 Å². The number of amides is 1. The molecule has 0 aliphatic heterocycles. The highest BCUT2D eigenvalue weighted by Crippen LogP contribution is 2.15. The van der Waals surface area contributed by atoms with Crippen molar-refractivity contribution in [3.05, 3.63) is 65.7 Å². The topological polar surface area (TPSA) is 102 Å². The molecular weight excluding hydrogens is 320 g/mol. The quantitative estimate of drug-likeness (QED) is 0.678. The Morgan fingerprint density at radius 1 is 1.08 bits per heavy atom. The molecule has 0 saturated heterocycles. The number of hydrogen-bond donors (Lipinski definition) is 3. The number of nitrogens with one attached hydrogen (secondary N) is 1. The van der Waals surface area contributed by atoms with Crippen molar-refractivity contribution < 1.29 is 19.4 Å². The molecule has 25 heavy (non-hydrogen) atoms. The van der Waals surface area contributed by atoms with Crippen LogP contribution in [0.5, 0.6) is 5.75 Å². The van der Waals surface area contributed by atoms with Crippen molar-refractivity contribution in [2.24, 2.45) is 5.73 Å². The van der Waals surface area contributed by atoms with Crippen LogP contribution in [0.25, 0.3) is 0 Å². The van der Waals surface area contributed by atoms with Crippen molar-refractivity contribution in [1.82, 2.24) is 5.32 Å². The average Bonchev–Trinajstić information content (AvgIpc) is 2.61. The van der Waals surface area contributed by atoms with E-state index in [1.807, 2.05) is 54.6 Å². The molecule has 0 unspecified atom stereocenters. The van der Waals surface area contributed by atoms with E-state index >= 15 is 0 Å². The Morgan fingerprint density at radius 2 is 1.72 bits per heavy atom. The van der Waals surface area contributed by atoms with Gasteiger partial charge in [0, 0.05) is 0 Å². The second-order valence-corrected chi connectivity index (χ2v) is 5.80. The van der Waals surface area contributed by atoms with Gasteiger partial charge in [-0.05, 0) is 36.6 Å². The van der Waals surface area contributed by atoms with Crippen LogP contribution in [-0.4, -0.2) is 29.1 Å². The number of rotatable bonds is 8. The van der Waals surface area contributed by atoms with Gasteiger partial charge in [0.25, 0.3) is 0 Å². The lowest BCUT2D eigenvalue weighted by atomic mass is 10.1. The maximum atomic E-state index is 11.9. The van der Waals surface area contributed by atoms with E-state index < -0.39 is 24.0 Å². The summed E-state index contributed by atoms with van der Waals surface area (Å²) in [5.74, 6) is -0.857. The number of benzene rings is 2. The van der Waals surface area contributed by atoms with E-state index in [2.05, 4.69) is 5.32 Å². The summed E-state index contributed by atoms with van der Waals surface area (Å²) in [5, 5.41) is 11.2. The third-order valence-electron chi connectivity index (χ3n) is 3.69. The fraction of sp³-hybridized carbons (Fsp3) is 0.263. The van der Waals surface area contributed by atoms with Crippen molar-refractivity contribution in [2.75, 3.05) is 0 Å². The summed E-state index contributed by atoms with van der Waals surface area (Å²) >= 11 is 0. The molecule has 2 aromatic carbocycles. The van der Waals surface area contributed by atoms with Gasteiger partial charge in [-0.25, -0.2) is 0 Å². The lowest BCUT2D eigenvalue weighted by molar-refractivity contribution is -0.141. The number of hydrogen-bond acceptors (Lipinski definition) is 4. The van der Waals surface area contributed by atoms with Gasteiger partial charge < -0.3 is 20.9 Å². The van der Waals surface area contributed by atoms with Crippen LogP contribution in [0.2, 0.25) is 0 Å². The Labute approximate surface area is 146 Å². The summed E-state index contributed by atoms with van der Waals surface area (Å²) in [5.41, 5.74) is 7.79. The molecule has 132 valence electrons. The first kappa shape index (κ1) is 18.5.